The van der Waals surface area contributed by atoms with Gasteiger partial charge in [0.25, 0.3) is 0 Å². The Kier molecular flexibility index (Phi) is 3.09. The van der Waals surface area contributed by atoms with Gasteiger partial charge >= 0.3 is 0 Å². The van der Waals surface area contributed by atoms with E-state index in [1.54, 1.807) is 32.1 Å². The Balaban J connectivity index is 0.000000750. The van der Waals surface area contributed by atoms with E-state index >= 15 is 0 Å². The molecule has 4 saturated carbocycles. The van der Waals surface area contributed by atoms with Crippen molar-refractivity contribution in [2.45, 2.75) is 38.5 Å². The van der Waals surface area contributed by atoms with Gasteiger partial charge in [0.2, 0.25) is 0 Å². The van der Waals surface area contributed by atoms with E-state index in [1.165, 1.54) is 6.42 Å². The number of hydrogen-bond donors (Lipinski definition) is 1. The summed E-state index contributed by atoms with van der Waals surface area (Å²) in [6.07, 6.45) is 9.10. The van der Waals surface area contributed by atoms with E-state index in [2.05, 4.69) is 0 Å². The summed E-state index contributed by atoms with van der Waals surface area (Å²) >= 11 is 0. The van der Waals surface area contributed by atoms with Crippen LogP contribution in [0.2, 0.25) is 0 Å². The van der Waals surface area contributed by atoms with Gasteiger partial charge < -0.3 is 5.73 Å². The van der Waals surface area contributed by atoms with Gasteiger partial charge in [0.05, 0.1) is 0 Å². The molecule has 0 spiro atoms. The maximum absolute atomic E-state index is 5.71. The van der Waals surface area contributed by atoms with Crippen molar-refractivity contribution >= 4 is 12.4 Å². The first-order chi connectivity index (χ1) is 6.36. The average Bonchev–Trinajstić information content (AvgIpc) is 2.10. The van der Waals surface area contributed by atoms with Gasteiger partial charge in [0, 0.05) is 0 Å². The van der Waals surface area contributed by atoms with E-state index in [-0.39, 0.29) is 12.4 Å². The first kappa shape index (κ1) is 10.8. The molecule has 4 bridgehead atoms. The minimum absolute atomic E-state index is 0. The van der Waals surface area contributed by atoms with Crippen LogP contribution < -0.4 is 5.73 Å². The van der Waals surface area contributed by atoms with Crippen molar-refractivity contribution in [2.75, 3.05) is 6.54 Å². The second-order valence-electron chi connectivity index (χ2n) is 5.67. The third kappa shape index (κ3) is 1.59. The van der Waals surface area contributed by atoms with Gasteiger partial charge in [0.1, 0.15) is 0 Å². The molecule has 0 aromatic carbocycles. The van der Waals surface area contributed by atoms with Crippen molar-refractivity contribution in [3.63, 3.8) is 0 Å². The maximum Gasteiger partial charge on any atom is -0.00744 e. The van der Waals surface area contributed by atoms with Gasteiger partial charge in [-0.1, -0.05) is 0 Å². The molecular weight excluding hydrogens is 194 g/mol. The Morgan fingerprint density at radius 2 is 1.36 bits per heavy atom. The molecule has 0 aromatic rings. The van der Waals surface area contributed by atoms with Gasteiger partial charge in [-0.3, -0.25) is 0 Å². The molecule has 4 aliphatic rings. The van der Waals surface area contributed by atoms with E-state index in [4.69, 9.17) is 5.73 Å². The van der Waals surface area contributed by atoms with Crippen molar-refractivity contribution in [1.29, 1.82) is 0 Å². The van der Waals surface area contributed by atoms with E-state index in [0.29, 0.717) is 0 Å². The van der Waals surface area contributed by atoms with E-state index in [1.807, 2.05) is 0 Å². The molecule has 0 unspecified atom stereocenters. The maximum atomic E-state index is 5.71. The van der Waals surface area contributed by atoms with Crippen LogP contribution in [-0.4, -0.2) is 6.54 Å². The molecule has 0 radical (unpaired) electrons. The Morgan fingerprint density at radius 1 is 0.857 bits per heavy atom. The van der Waals surface area contributed by atoms with Gasteiger partial charge in [0.15, 0.2) is 0 Å². The van der Waals surface area contributed by atoms with Gasteiger partial charge in [-0.15, -0.1) is 12.4 Å². The van der Waals surface area contributed by atoms with Crippen LogP contribution in [0.1, 0.15) is 38.5 Å². The van der Waals surface area contributed by atoms with Crippen molar-refractivity contribution in [3.05, 3.63) is 0 Å². The van der Waals surface area contributed by atoms with Crippen LogP contribution in [0.15, 0.2) is 0 Å². The lowest BCUT2D eigenvalue weighted by Gasteiger charge is -2.54. The summed E-state index contributed by atoms with van der Waals surface area (Å²) in [4.78, 5) is 0. The Bertz CT molecular complexity index is 176. The van der Waals surface area contributed by atoms with Crippen molar-refractivity contribution in [3.8, 4) is 0 Å². The summed E-state index contributed by atoms with van der Waals surface area (Å²) in [5.41, 5.74) is 5.71. The summed E-state index contributed by atoms with van der Waals surface area (Å²) < 4.78 is 0. The smallest absolute Gasteiger partial charge is 0.00744 e. The zero-order chi connectivity index (χ0) is 8.84. The molecule has 4 rings (SSSR count). The van der Waals surface area contributed by atoms with Crippen LogP contribution in [0.5, 0.6) is 0 Å². The molecule has 4 aliphatic carbocycles. The fourth-order valence-corrected chi connectivity index (χ4v) is 4.70. The topological polar surface area (TPSA) is 26.0 Å². The van der Waals surface area contributed by atoms with Crippen molar-refractivity contribution in [2.24, 2.45) is 35.3 Å². The Hall–Kier alpha value is 0.250. The first-order valence-electron chi connectivity index (χ1n) is 6.07. The molecule has 0 aromatic heterocycles. The zero-order valence-electron chi connectivity index (χ0n) is 8.82. The molecular formula is C12H22ClN. The SMILES string of the molecule is Cl.NCCC1C2CC3CC(C2)CC1C3. The predicted octanol–water partition coefficient (Wildman–Crippen LogP) is 2.83. The molecule has 0 amide bonds. The second-order valence-corrected chi connectivity index (χ2v) is 5.67. The summed E-state index contributed by atoms with van der Waals surface area (Å²) in [6.45, 7) is 0.924. The van der Waals surface area contributed by atoms with E-state index in [0.717, 1.165) is 36.1 Å². The number of rotatable bonds is 2. The molecule has 4 fully saturated rings. The lowest BCUT2D eigenvalue weighted by Crippen LogP contribution is -2.45. The first-order valence-corrected chi connectivity index (χ1v) is 6.07. The third-order valence-corrected chi connectivity index (χ3v) is 4.92. The Labute approximate surface area is 93.2 Å². The molecule has 82 valence electrons. The quantitative estimate of drug-likeness (QED) is 0.754. The summed E-state index contributed by atoms with van der Waals surface area (Å²) in [5, 5.41) is 0. The van der Waals surface area contributed by atoms with Crippen molar-refractivity contribution in [1.82, 2.24) is 0 Å². The fourth-order valence-electron chi connectivity index (χ4n) is 4.70. The minimum atomic E-state index is 0. The van der Waals surface area contributed by atoms with Crippen LogP contribution in [-0.2, 0) is 0 Å². The molecule has 0 saturated heterocycles. The highest BCUT2D eigenvalue weighted by Gasteiger charge is 2.47. The summed E-state index contributed by atoms with van der Waals surface area (Å²) in [6, 6.07) is 0. The highest BCUT2D eigenvalue weighted by molar-refractivity contribution is 5.85. The molecule has 0 heterocycles. The van der Waals surface area contributed by atoms with Gasteiger partial charge in [-0.2, -0.15) is 0 Å². The van der Waals surface area contributed by atoms with E-state index in [9.17, 15) is 0 Å². The number of hydrogen-bond acceptors (Lipinski definition) is 1. The van der Waals surface area contributed by atoms with Gasteiger partial charge in [-0.05, 0) is 74.7 Å². The van der Waals surface area contributed by atoms with Crippen LogP contribution >= 0.6 is 12.4 Å². The predicted molar refractivity (Wildman–Crippen MR) is 61.5 cm³/mol. The van der Waals surface area contributed by atoms with Crippen LogP contribution in [0.25, 0.3) is 0 Å². The van der Waals surface area contributed by atoms with Crippen LogP contribution in [0.3, 0.4) is 0 Å². The minimum Gasteiger partial charge on any atom is -0.330 e. The molecule has 2 N–H and O–H groups in total. The third-order valence-electron chi connectivity index (χ3n) is 4.92. The highest BCUT2D eigenvalue weighted by atomic mass is 35.5. The molecule has 1 nitrogen and oxygen atoms in total. The molecule has 2 heteroatoms. The van der Waals surface area contributed by atoms with Crippen molar-refractivity contribution < 1.29 is 0 Å². The van der Waals surface area contributed by atoms with E-state index < -0.39 is 0 Å². The standard InChI is InChI=1S/C12H21N.ClH/c13-2-1-12-10-4-8-3-9(6-10)7-11(12)5-8;/h8-12H,1-7,13H2;1H. The molecule has 14 heavy (non-hydrogen) atoms. The summed E-state index contributed by atoms with van der Waals surface area (Å²) in [7, 11) is 0. The fraction of sp³-hybridized carbons (Fsp3) is 1.00. The highest BCUT2D eigenvalue weighted by Crippen LogP contribution is 2.57. The normalized spacial score (nSPS) is 49.1. The lowest BCUT2D eigenvalue weighted by atomic mass is 9.51. The second kappa shape index (κ2) is 4.02. The lowest BCUT2D eigenvalue weighted by molar-refractivity contribution is -0.0385. The van der Waals surface area contributed by atoms with Gasteiger partial charge in [-0.25, -0.2) is 0 Å². The molecule has 0 atom stereocenters. The summed E-state index contributed by atoms with van der Waals surface area (Å²) in [5.74, 6) is 5.44. The average molecular weight is 216 g/mol. The number of halogens is 1. The number of nitrogens with two attached hydrogens (primary N) is 1. The zero-order valence-corrected chi connectivity index (χ0v) is 9.64. The molecule has 0 aliphatic heterocycles. The largest absolute Gasteiger partial charge is 0.330 e. The monoisotopic (exact) mass is 215 g/mol. The van der Waals surface area contributed by atoms with Crippen LogP contribution in [0.4, 0.5) is 0 Å². The van der Waals surface area contributed by atoms with Crippen LogP contribution in [0, 0.1) is 29.6 Å². The Morgan fingerprint density at radius 3 is 1.79 bits per heavy atom.